The van der Waals surface area contributed by atoms with Crippen molar-refractivity contribution in [2.45, 2.75) is 44.6 Å². The van der Waals surface area contributed by atoms with Crippen molar-refractivity contribution >= 4 is 23.0 Å². The maximum Gasteiger partial charge on any atom is 0.240 e. The number of anilines is 1. The van der Waals surface area contributed by atoms with Crippen molar-refractivity contribution in [3.8, 4) is 5.88 Å². The van der Waals surface area contributed by atoms with Crippen LogP contribution in [-0.2, 0) is 10.4 Å². The average Bonchev–Trinajstić information content (AvgIpc) is 3.37. The number of aromatic nitrogens is 4. The van der Waals surface area contributed by atoms with E-state index in [2.05, 4.69) is 20.4 Å². The van der Waals surface area contributed by atoms with Crippen LogP contribution in [0.1, 0.15) is 49.1 Å². The van der Waals surface area contributed by atoms with Gasteiger partial charge in [-0.05, 0) is 44.4 Å². The van der Waals surface area contributed by atoms with E-state index >= 15 is 0 Å². The number of carbonyl (C=O) groups excluding carboxylic acids is 1. The molecule has 1 atom stereocenters. The molecule has 158 valence electrons. The number of fused-ring (bicyclic) bond motifs is 1. The van der Waals surface area contributed by atoms with Crippen LogP contribution in [0.25, 0.3) is 17.0 Å². The molecular weight excluding hydrogens is 394 g/mol. The number of nitrogens with one attached hydrogen (secondary N) is 1. The van der Waals surface area contributed by atoms with Crippen LogP contribution in [0.5, 0.6) is 0 Å². The second-order valence-corrected chi connectivity index (χ2v) is 8.30. The molecule has 31 heavy (non-hydrogen) atoms. The first-order chi connectivity index (χ1) is 14.9. The molecule has 1 amide bonds. The van der Waals surface area contributed by atoms with Crippen LogP contribution in [0.4, 0.5) is 5.95 Å². The Morgan fingerprint density at radius 3 is 2.74 bits per heavy atom. The highest BCUT2D eigenvalue weighted by atomic mass is 16.5. The Bertz CT molecular complexity index is 1250. The van der Waals surface area contributed by atoms with Gasteiger partial charge >= 0.3 is 0 Å². The van der Waals surface area contributed by atoms with Gasteiger partial charge in [0.25, 0.3) is 0 Å². The first-order valence-corrected chi connectivity index (χ1v) is 10.3. The van der Waals surface area contributed by atoms with Crippen LogP contribution >= 0.6 is 0 Å². The normalized spacial score (nSPS) is 15.7. The molecule has 4 aromatic rings. The highest BCUT2D eigenvalue weighted by Gasteiger charge is 2.30. The minimum atomic E-state index is -1.32. The summed E-state index contributed by atoms with van der Waals surface area (Å²) in [6, 6.07) is 14.7. The van der Waals surface area contributed by atoms with Crippen LogP contribution in [0, 0.1) is 6.92 Å². The van der Waals surface area contributed by atoms with E-state index < -0.39 is 5.60 Å². The van der Waals surface area contributed by atoms with E-state index in [1.165, 1.54) is 0 Å². The maximum atomic E-state index is 12.9. The molecule has 1 fully saturated rings. The van der Waals surface area contributed by atoms with Gasteiger partial charge in [0.05, 0.1) is 17.7 Å². The molecule has 1 aromatic carbocycles. The SMILES string of the molecule is Cc1ccc2nc(NC(=O)C[C@](C)(O)c3ccccc3)n(-c3cc(C4CC4)no3)c2n1. The van der Waals surface area contributed by atoms with Crippen LogP contribution in [-0.4, -0.2) is 30.7 Å². The molecule has 1 saturated carbocycles. The molecule has 2 N–H and O–H groups in total. The van der Waals surface area contributed by atoms with Gasteiger partial charge in [-0.2, -0.15) is 0 Å². The zero-order chi connectivity index (χ0) is 21.6. The number of nitrogens with zero attached hydrogens (tertiary/aromatic N) is 4. The van der Waals surface area contributed by atoms with Crippen LogP contribution in [0.2, 0.25) is 0 Å². The molecule has 0 aliphatic heterocycles. The van der Waals surface area contributed by atoms with E-state index in [0.29, 0.717) is 28.5 Å². The number of benzene rings is 1. The lowest BCUT2D eigenvalue weighted by molar-refractivity contribution is -0.120. The van der Waals surface area contributed by atoms with Gasteiger partial charge in [0.2, 0.25) is 17.7 Å². The number of rotatable bonds is 6. The maximum absolute atomic E-state index is 12.9. The third kappa shape index (κ3) is 3.82. The summed E-state index contributed by atoms with van der Waals surface area (Å²) in [5.41, 5.74) is 2.26. The zero-order valence-corrected chi connectivity index (χ0v) is 17.4. The fraction of sp³-hybridized carbons (Fsp3) is 0.304. The Morgan fingerprint density at radius 1 is 1.23 bits per heavy atom. The van der Waals surface area contributed by atoms with Gasteiger partial charge < -0.3 is 9.63 Å². The number of hydrogen-bond acceptors (Lipinski definition) is 6. The average molecular weight is 417 g/mol. The number of pyridine rings is 1. The van der Waals surface area contributed by atoms with Gasteiger partial charge in [-0.3, -0.25) is 10.1 Å². The topological polar surface area (TPSA) is 106 Å². The summed E-state index contributed by atoms with van der Waals surface area (Å²) in [4.78, 5) is 22.0. The van der Waals surface area contributed by atoms with Crippen molar-refractivity contribution in [2.24, 2.45) is 0 Å². The molecule has 0 spiro atoms. The van der Waals surface area contributed by atoms with Crippen molar-refractivity contribution in [3.05, 3.63) is 65.5 Å². The number of imidazole rings is 1. The van der Waals surface area contributed by atoms with Gasteiger partial charge in [-0.15, -0.1) is 0 Å². The lowest BCUT2D eigenvalue weighted by Gasteiger charge is -2.23. The molecule has 8 heteroatoms. The van der Waals surface area contributed by atoms with E-state index in [1.807, 2.05) is 43.3 Å². The van der Waals surface area contributed by atoms with Crippen molar-refractivity contribution < 1.29 is 14.4 Å². The minimum Gasteiger partial charge on any atom is -0.385 e. The van der Waals surface area contributed by atoms with E-state index in [-0.39, 0.29) is 18.3 Å². The number of hydrogen-bond donors (Lipinski definition) is 2. The quantitative estimate of drug-likeness (QED) is 0.494. The van der Waals surface area contributed by atoms with Gasteiger partial charge in [-0.25, -0.2) is 14.5 Å². The lowest BCUT2D eigenvalue weighted by atomic mass is 9.92. The monoisotopic (exact) mass is 417 g/mol. The number of carbonyl (C=O) groups is 1. The molecule has 1 aliphatic carbocycles. The lowest BCUT2D eigenvalue weighted by Crippen LogP contribution is -2.29. The van der Waals surface area contributed by atoms with Crippen LogP contribution in [0.15, 0.2) is 53.1 Å². The predicted octanol–water partition coefficient (Wildman–Crippen LogP) is 3.83. The smallest absolute Gasteiger partial charge is 0.240 e. The summed E-state index contributed by atoms with van der Waals surface area (Å²) in [6.07, 6.45) is 2.08. The Balaban J connectivity index is 1.48. The molecule has 0 radical (unpaired) electrons. The fourth-order valence-electron chi connectivity index (χ4n) is 3.68. The van der Waals surface area contributed by atoms with E-state index in [1.54, 1.807) is 23.6 Å². The summed E-state index contributed by atoms with van der Waals surface area (Å²) >= 11 is 0. The summed E-state index contributed by atoms with van der Waals surface area (Å²) in [6.45, 7) is 3.51. The van der Waals surface area contributed by atoms with Crippen molar-refractivity contribution in [1.29, 1.82) is 0 Å². The third-order valence-corrected chi connectivity index (χ3v) is 5.53. The molecule has 0 saturated heterocycles. The number of aryl methyl sites for hydroxylation is 1. The fourth-order valence-corrected chi connectivity index (χ4v) is 3.68. The third-order valence-electron chi connectivity index (χ3n) is 5.53. The van der Waals surface area contributed by atoms with Gasteiger partial charge in [0.1, 0.15) is 5.52 Å². The Kier molecular flexibility index (Phi) is 4.59. The molecular formula is C23H23N5O3. The van der Waals surface area contributed by atoms with Gasteiger partial charge in [-0.1, -0.05) is 35.5 Å². The minimum absolute atomic E-state index is 0.129. The number of amides is 1. The van der Waals surface area contributed by atoms with E-state index in [0.717, 1.165) is 24.2 Å². The molecule has 1 aliphatic rings. The van der Waals surface area contributed by atoms with Crippen molar-refractivity contribution in [3.63, 3.8) is 0 Å². The second-order valence-electron chi connectivity index (χ2n) is 8.30. The summed E-state index contributed by atoms with van der Waals surface area (Å²) < 4.78 is 7.25. The van der Waals surface area contributed by atoms with Crippen LogP contribution < -0.4 is 5.32 Å². The second kappa shape index (κ2) is 7.31. The molecule has 0 unspecified atom stereocenters. The van der Waals surface area contributed by atoms with E-state index in [9.17, 15) is 9.90 Å². The predicted molar refractivity (Wildman–Crippen MR) is 115 cm³/mol. The number of aliphatic hydroxyl groups is 1. The zero-order valence-electron chi connectivity index (χ0n) is 17.4. The molecule has 5 rings (SSSR count). The van der Waals surface area contributed by atoms with Crippen molar-refractivity contribution in [2.75, 3.05) is 5.32 Å². The Hall–Kier alpha value is -3.52. The molecule has 3 heterocycles. The van der Waals surface area contributed by atoms with Crippen LogP contribution in [0.3, 0.4) is 0 Å². The first kappa shape index (κ1) is 19.4. The Morgan fingerprint density at radius 2 is 2.00 bits per heavy atom. The van der Waals surface area contributed by atoms with Gasteiger partial charge in [0.15, 0.2) is 5.65 Å². The first-order valence-electron chi connectivity index (χ1n) is 10.3. The van der Waals surface area contributed by atoms with Crippen molar-refractivity contribution in [1.82, 2.24) is 19.7 Å². The highest BCUT2D eigenvalue weighted by molar-refractivity contribution is 5.92. The van der Waals surface area contributed by atoms with E-state index in [4.69, 9.17) is 4.52 Å². The summed E-state index contributed by atoms with van der Waals surface area (Å²) in [5.74, 6) is 0.790. The molecule has 0 bridgehead atoms. The summed E-state index contributed by atoms with van der Waals surface area (Å²) in [7, 11) is 0. The molecule has 8 nitrogen and oxygen atoms in total. The standard InChI is InChI=1S/C23H23N5O3/c1-14-8-11-17-21(24-14)28(20-12-18(27-31-20)15-9-10-15)22(25-17)26-19(29)13-23(2,30)16-6-4-3-5-7-16/h3-8,11-12,15,30H,9-10,13H2,1-2H3,(H,25,26,29)/t23-/m0/s1. The largest absolute Gasteiger partial charge is 0.385 e. The highest BCUT2D eigenvalue weighted by Crippen LogP contribution is 2.40. The molecule has 3 aromatic heterocycles. The summed E-state index contributed by atoms with van der Waals surface area (Å²) in [5, 5.41) is 17.8. The van der Waals surface area contributed by atoms with Gasteiger partial charge in [0, 0.05) is 17.7 Å². The Labute approximate surface area is 178 Å².